The molecule has 0 aliphatic rings. The van der Waals surface area contributed by atoms with E-state index in [9.17, 15) is 4.21 Å². The van der Waals surface area contributed by atoms with Crippen molar-refractivity contribution in [2.24, 2.45) is 0 Å². The lowest BCUT2D eigenvalue weighted by atomic mass is 10.3. The molecule has 1 aromatic rings. The van der Waals surface area contributed by atoms with Crippen LogP contribution in [0.3, 0.4) is 0 Å². The lowest BCUT2D eigenvalue weighted by Crippen LogP contribution is -2.14. The second kappa shape index (κ2) is 7.27. The third kappa shape index (κ3) is 5.17. The molecule has 0 amide bonds. The lowest BCUT2D eigenvalue weighted by molar-refractivity contribution is 0.672. The summed E-state index contributed by atoms with van der Waals surface area (Å²) in [6, 6.07) is 3.92. The number of hydrogen-bond acceptors (Lipinski definition) is 4. The summed E-state index contributed by atoms with van der Waals surface area (Å²) in [4.78, 5) is 4.20. The van der Waals surface area contributed by atoms with Crippen LogP contribution in [-0.2, 0) is 10.8 Å². The Morgan fingerprint density at radius 3 is 2.88 bits per heavy atom. The van der Waals surface area contributed by atoms with Crippen molar-refractivity contribution in [1.82, 2.24) is 4.98 Å². The predicted octanol–water partition coefficient (Wildman–Crippen LogP) is 2.08. The van der Waals surface area contributed by atoms with E-state index in [0.29, 0.717) is 0 Å². The molecule has 96 valence electrons. The first-order chi connectivity index (χ1) is 8.13. The third-order valence-corrected chi connectivity index (χ3v) is 3.93. The van der Waals surface area contributed by atoms with Crippen LogP contribution in [-0.4, -0.2) is 33.8 Å². The maximum Gasteiger partial charge on any atom is 0.127 e. The molecule has 4 nitrogen and oxygen atoms in total. The van der Waals surface area contributed by atoms with Crippen molar-refractivity contribution in [2.75, 3.05) is 30.0 Å². The number of nitrogens with zero attached hydrogens (tertiary/aromatic N) is 1. The normalized spacial score (nSPS) is 14.1. The van der Waals surface area contributed by atoms with Gasteiger partial charge in [-0.05, 0) is 19.4 Å². The molecule has 0 aliphatic heterocycles. The van der Waals surface area contributed by atoms with E-state index in [-0.39, 0.29) is 5.25 Å². The Labute approximate surface area is 106 Å². The monoisotopic (exact) mass is 255 g/mol. The molecular formula is C12H21N3OS. The third-order valence-electron chi connectivity index (χ3n) is 2.56. The van der Waals surface area contributed by atoms with Gasteiger partial charge in [0.2, 0.25) is 0 Å². The highest BCUT2D eigenvalue weighted by Gasteiger charge is 2.05. The van der Waals surface area contributed by atoms with Crippen molar-refractivity contribution in [3.05, 3.63) is 18.3 Å². The maximum absolute atomic E-state index is 11.2. The van der Waals surface area contributed by atoms with Crippen LogP contribution in [0.5, 0.6) is 0 Å². The average Bonchev–Trinajstić information content (AvgIpc) is 2.29. The van der Waals surface area contributed by atoms with E-state index >= 15 is 0 Å². The van der Waals surface area contributed by atoms with Gasteiger partial charge in [-0.3, -0.25) is 4.21 Å². The maximum atomic E-state index is 11.2. The molecule has 17 heavy (non-hydrogen) atoms. The zero-order chi connectivity index (χ0) is 12.7. The van der Waals surface area contributed by atoms with Crippen LogP contribution in [0.15, 0.2) is 18.3 Å². The number of pyridine rings is 1. The molecule has 2 unspecified atom stereocenters. The van der Waals surface area contributed by atoms with Crippen LogP contribution in [0.1, 0.15) is 20.3 Å². The van der Waals surface area contributed by atoms with Gasteiger partial charge in [-0.2, -0.15) is 0 Å². The van der Waals surface area contributed by atoms with E-state index < -0.39 is 10.8 Å². The summed E-state index contributed by atoms with van der Waals surface area (Å²) in [7, 11) is -0.740. The molecule has 0 saturated heterocycles. The smallest absolute Gasteiger partial charge is 0.127 e. The van der Waals surface area contributed by atoms with Gasteiger partial charge in [0.1, 0.15) is 5.82 Å². The van der Waals surface area contributed by atoms with E-state index in [0.717, 1.165) is 31.0 Å². The van der Waals surface area contributed by atoms with Crippen LogP contribution in [0, 0.1) is 0 Å². The second-order valence-corrected chi connectivity index (χ2v) is 5.79. The molecule has 1 heterocycles. The summed E-state index contributed by atoms with van der Waals surface area (Å²) < 4.78 is 11.2. The van der Waals surface area contributed by atoms with Gasteiger partial charge in [0.25, 0.3) is 0 Å². The summed E-state index contributed by atoms with van der Waals surface area (Å²) in [6.45, 7) is 5.74. The highest BCUT2D eigenvalue weighted by atomic mass is 32.2. The summed E-state index contributed by atoms with van der Waals surface area (Å²) in [5.74, 6) is 0.879. The molecule has 0 spiro atoms. The first-order valence-electron chi connectivity index (χ1n) is 5.89. The number of anilines is 2. The van der Waals surface area contributed by atoms with Gasteiger partial charge in [0.15, 0.2) is 0 Å². The Balaban J connectivity index is 2.41. The fourth-order valence-electron chi connectivity index (χ4n) is 1.40. The summed E-state index contributed by atoms with van der Waals surface area (Å²) in [5.41, 5.74) is 1.05. The van der Waals surface area contributed by atoms with E-state index in [1.807, 2.05) is 26.0 Å². The number of rotatable bonds is 7. The molecule has 1 rings (SSSR count). The molecule has 2 atom stereocenters. The largest absolute Gasteiger partial charge is 0.385 e. The molecule has 1 aromatic heterocycles. The van der Waals surface area contributed by atoms with Gasteiger partial charge >= 0.3 is 0 Å². The van der Waals surface area contributed by atoms with Gasteiger partial charge < -0.3 is 10.6 Å². The van der Waals surface area contributed by atoms with E-state index in [1.165, 1.54) is 0 Å². The predicted molar refractivity (Wildman–Crippen MR) is 75.0 cm³/mol. The minimum atomic E-state index is -0.740. The van der Waals surface area contributed by atoms with Crippen molar-refractivity contribution in [3.8, 4) is 0 Å². The molecular weight excluding hydrogens is 234 g/mol. The van der Waals surface area contributed by atoms with E-state index in [1.54, 1.807) is 12.5 Å². The Kier molecular flexibility index (Phi) is 5.97. The van der Waals surface area contributed by atoms with Crippen LogP contribution >= 0.6 is 0 Å². The first kappa shape index (κ1) is 14.0. The van der Waals surface area contributed by atoms with Gasteiger partial charge in [-0.1, -0.05) is 6.92 Å². The first-order valence-corrected chi connectivity index (χ1v) is 7.51. The van der Waals surface area contributed by atoms with Crippen molar-refractivity contribution in [3.63, 3.8) is 0 Å². The van der Waals surface area contributed by atoms with Gasteiger partial charge in [0.05, 0.1) is 0 Å². The van der Waals surface area contributed by atoms with Gasteiger partial charge in [-0.25, -0.2) is 4.98 Å². The molecule has 0 aliphatic carbocycles. The van der Waals surface area contributed by atoms with Crippen molar-refractivity contribution in [1.29, 1.82) is 0 Å². The minimum absolute atomic E-state index is 0.234. The molecule has 0 fully saturated rings. The van der Waals surface area contributed by atoms with Crippen molar-refractivity contribution >= 4 is 22.3 Å². The van der Waals surface area contributed by atoms with Crippen molar-refractivity contribution in [2.45, 2.75) is 25.5 Å². The highest BCUT2D eigenvalue weighted by Crippen LogP contribution is 2.12. The summed E-state index contributed by atoms with van der Waals surface area (Å²) in [6.07, 6.45) is 4.43. The fraction of sp³-hybridized carbons (Fsp3) is 0.583. The molecule has 0 aromatic carbocycles. The summed E-state index contributed by atoms with van der Waals surface area (Å²) in [5, 5.41) is 6.71. The zero-order valence-electron chi connectivity index (χ0n) is 10.7. The molecule has 0 radical (unpaired) electrons. The fourth-order valence-corrected chi connectivity index (χ4v) is 1.85. The Morgan fingerprint density at radius 2 is 2.24 bits per heavy atom. The SMILES string of the molecule is CCNc1cc(NCCC(C)S(C)=O)ccn1. The van der Waals surface area contributed by atoms with Crippen LogP contribution in [0.4, 0.5) is 11.5 Å². The minimum Gasteiger partial charge on any atom is -0.385 e. The summed E-state index contributed by atoms with van der Waals surface area (Å²) >= 11 is 0. The topological polar surface area (TPSA) is 54.0 Å². The Morgan fingerprint density at radius 1 is 1.47 bits per heavy atom. The van der Waals surface area contributed by atoms with Crippen LogP contribution in [0.2, 0.25) is 0 Å². The van der Waals surface area contributed by atoms with Crippen LogP contribution in [0.25, 0.3) is 0 Å². The number of aromatic nitrogens is 1. The van der Waals surface area contributed by atoms with E-state index in [2.05, 4.69) is 15.6 Å². The highest BCUT2D eigenvalue weighted by molar-refractivity contribution is 7.84. The Hall–Kier alpha value is -1.10. The lowest BCUT2D eigenvalue weighted by Gasteiger charge is -2.11. The number of nitrogens with one attached hydrogen (secondary N) is 2. The van der Waals surface area contributed by atoms with Crippen molar-refractivity contribution < 1.29 is 4.21 Å². The quantitative estimate of drug-likeness (QED) is 0.783. The average molecular weight is 255 g/mol. The van der Waals surface area contributed by atoms with Gasteiger partial charge in [-0.15, -0.1) is 0 Å². The zero-order valence-corrected chi connectivity index (χ0v) is 11.5. The number of hydrogen-bond donors (Lipinski definition) is 2. The molecule has 0 saturated carbocycles. The Bertz CT molecular complexity index is 371. The molecule has 5 heteroatoms. The van der Waals surface area contributed by atoms with Gasteiger partial charge in [0, 0.05) is 53.3 Å². The van der Waals surface area contributed by atoms with E-state index in [4.69, 9.17) is 0 Å². The standard InChI is InChI=1S/C12H21N3OS/c1-4-13-12-9-11(6-8-15-12)14-7-5-10(2)17(3)16/h6,8-10H,4-5,7H2,1-3H3,(H2,13,14,15). The molecule has 2 N–H and O–H groups in total. The second-order valence-electron chi connectivity index (χ2n) is 3.98. The molecule has 0 bridgehead atoms. The van der Waals surface area contributed by atoms with Crippen LogP contribution < -0.4 is 10.6 Å².